The fraction of sp³-hybridized carbons (Fsp3) is 0.273. The summed E-state index contributed by atoms with van der Waals surface area (Å²) in [6.45, 7) is 1.77. The third-order valence-electron chi connectivity index (χ3n) is 4.99. The first-order valence-electron chi connectivity index (χ1n) is 9.70. The molecular formula is C22H23FN4O2. The van der Waals surface area contributed by atoms with Crippen molar-refractivity contribution in [1.82, 2.24) is 14.5 Å². The second-order valence-electron chi connectivity index (χ2n) is 7.06. The van der Waals surface area contributed by atoms with Crippen LogP contribution in [0.1, 0.15) is 12.8 Å². The molecule has 0 radical (unpaired) electrons. The Balaban J connectivity index is 1.29. The number of carbonyl (C=O) groups excluding carboxylic acids is 1. The Morgan fingerprint density at radius 1 is 1.14 bits per heavy atom. The van der Waals surface area contributed by atoms with Crippen LogP contribution in [-0.2, 0) is 4.79 Å². The Bertz CT molecular complexity index is 953. The lowest BCUT2D eigenvalue weighted by Crippen LogP contribution is -2.42. The number of ether oxygens (including phenoxy) is 1. The van der Waals surface area contributed by atoms with Gasteiger partial charge < -0.3 is 14.6 Å². The van der Waals surface area contributed by atoms with Gasteiger partial charge in [-0.05, 0) is 37.1 Å². The summed E-state index contributed by atoms with van der Waals surface area (Å²) in [7, 11) is 0. The number of nitrogens with one attached hydrogen (secondary N) is 1. The van der Waals surface area contributed by atoms with Crippen LogP contribution in [0.25, 0.3) is 5.69 Å². The fourth-order valence-corrected chi connectivity index (χ4v) is 3.50. The number of hydrogen-bond donors (Lipinski definition) is 1. The second-order valence-corrected chi connectivity index (χ2v) is 7.06. The second kappa shape index (κ2) is 8.87. The van der Waals surface area contributed by atoms with Crippen LogP contribution in [0.3, 0.4) is 0 Å². The molecule has 1 N–H and O–H groups in total. The van der Waals surface area contributed by atoms with Crippen molar-refractivity contribution in [3.05, 3.63) is 73.1 Å². The number of rotatable bonds is 6. The molecule has 1 saturated heterocycles. The number of halogens is 1. The molecule has 0 spiro atoms. The maximum absolute atomic E-state index is 13.7. The highest BCUT2D eigenvalue weighted by molar-refractivity contribution is 5.94. The largest absolute Gasteiger partial charge is 0.487 e. The Hall–Kier alpha value is -3.19. The summed E-state index contributed by atoms with van der Waals surface area (Å²) in [5.74, 6) is -0.114. The van der Waals surface area contributed by atoms with Crippen molar-refractivity contribution in [2.45, 2.75) is 18.9 Å². The average Bonchev–Trinajstić information content (AvgIpc) is 3.26. The molecule has 29 heavy (non-hydrogen) atoms. The molecule has 150 valence electrons. The maximum atomic E-state index is 13.7. The quantitative estimate of drug-likeness (QED) is 0.695. The van der Waals surface area contributed by atoms with E-state index in [2.05, 4.69) is 15.2 Å². The van der Waals surface area contributed by atoms with Crippen molar-refractivity contribution in [3.8, 4) is 11.4 Å². The zero-order valence-electron chi connectivity index (χ0n) is 16.0. The van der Waals surface area contributed by atoms with E-state index in [1.807, 2.05) is 35.0 Å². The summed E-state index contributed by atoms with van der Waals surface area (Å²) in [6.07, 6.45) is 6.72. The number of likely N-dealkylation sites (tertiary alicyclic amines) is 1. The van der Waals surface area contributed by atoms with Gasteiger partial charge in [0.2, 0.25) is 5.91 Å². The van der Waals surface area contributed by atoms with Crippen molar-refractivity contribution >= 4 is 11.6 Å². The summed E-state index contributed by atoms with van der Waals surface area (Å²) < 4.78 is 21.4. The summed E-state index contributed by atoms with van der Waals surface area (Å²) in [5.41, 5.74) is 1.61. The van der Waals surface area contributed by atoms with Gasteiger partial charge in [0.05, 0.1) is 24.2 Å². The molecule has 0 unspecified atom stereocenters. The number of amides is 1. The zero-order valence-corrected chi connectivity index (χ0v) is 16.0. The Morgan fingerprint density at radius 2 is 1.90 bits per heavy atom. The van der Waals surface area contributed by atoms with E-state index in [4.69, 9.17) is 4.74 Å². The molecule has 1 aliphatic rings. The lowest BCUT2D eigenvalue weighted by Gasteiger charge is -2.31. The van der Waals surface area contributed by atoms with E-state index in [0.29, 0.717) is 12.3 Å². The maximum Gasteiger partial charge on any atom is 0.238 e. The first-order chi connectivity index (χ1) is 14.2. The molecule has 1 aliphatic heterocycles. The Morgan fingerprint density at radius 3 is 2.66 bits per heavy atom. The molecule has 2 heterocycles. The Labute approximate surface area is 168 Å². The molecule has 3 aromatic rings. The van der Waals surface area contributed by atoms with E-state index < -0.39 is 0 Å². The molecule has 0 saturated carbocycles. The van der Waals surface area contributed by atoms with Crippen LogP contribution in [0, 0.1) is 5.82 Å². The van der Waals surface area contributed by atoms with Crippen molar-refractivity contribution in [3.63, 3.8) is 0 Å². The number of hydrogen-bond acceptors (Lipinski definition) is 4. The van der Waals surface area contributed by atoms with Crippen molar-refractivity contribution in [1.29, 1.82) is 0 Å². The highest BCUT2D eigenvalue weighted by Gasteiger charge is 2.23. The van der Waals surface area contributed by atoms with Crippen LogP contribution in [0.2, 0.25) is 0 Å². The van der Waals surface area contributed by atoms with Crippen LogP contribution in [0.5, 0.6) is 5.75 Å². The van der Waals surface area contributed by atoms with E-state index >= 15 is 0 Å². The lowest BCUT2D eigenvalue weighted by molar-refractivity contribution is -0.117. The fourth-order valence-electron chi connectivity index (χ4n) is 3.50. The third kappa shape index (κ3) is 4.81. The minimum absolute atomic E-state index is 0.0341. The zero-order chi connectivity index (χ0) is 20.1. The summed E-state index contributed by atoms with van der Waals surface area (Å²) in [6, 6.07) is 14.1. The van der Waals surface area contributed by atoms with Crippen molar-refractivity contribution < 1.29 is 13.9 Å². The van der Waals surface area contributed by atoms with Gasteiger partial charge in [-0.3, -0.25) is 9.69 Å². The SMILES string of the molecule is O=C(CN1CCC(Oc2ccccc2F)CC1)Nc1ccccc1-n1ccnc1. The van der Waals surface area contributed by atoms with E-state index in [1.165, 1.54) is 6.07 Å². The van der Waals surface area contributed by atoms with Crippen molar-refractivity contribution in [2.75, 3.05) is 25.0 Å². The number of carbonyl (C=O) groups is 1. The predicted octanol–water partition coefficient (Wildman–Crippen LogP) is 3.49. The summed E-state index contributed by atoms with van der Waals surface area (Å²) >= 11 is 0. The number of nitrogens with zero attached hydrogens (tertiary/aromatic N) is 3. The predicted molar refractivity (Wildman–Crippen MR) is 109 cm³/mol. The topological polar surface area (TPSA) is 59.4 Å². The molecule has 2 aromatic carbocycles. The van der Waals surface area contributed by atoms with Crippen molar-refractivity contribution in [2.24, 2.45) is 0 Å². The molecule has 1 amide bonds. The van der Waals surface area contributed by atoms with Gasteiger partial charge in [-0.25, -0.2) is 9.37 Å². The van der Waals surface area contributed by atoms with Gasteiger partial charge in [-0.1, -0.05) is 24.3 Å². The van der Waals surface area contributed by atoms with Gasteiger partial charge >= 0.3 is 0 Å². The third-order valence-corrected chi connectivity index (χ3v) is 4.99. The molecule has 0 bridgehead atoms. The number of para-hydroxylation sites is 3. The molecular weight excluding hydrogens is 371 g/mol. The molecule has 1 fully saturated rings. The van der Waals surface area contributed by atoms with E-state index in [0.717, 1.165) is 37.3 Å². The smallest absolute Gasteiger partial charge is 0.238 e. The summed E-state index contributed by atoms with van der Waals surface area (Å²) in [4.78, 5) is 18.7. The first kappa shape index (κ1) is 19.1. The monoisotopic (exact) mass is 394 g/mol. The van der Waals surface area contributed by atoms with Crippen LogP contribution in [0.15, 0.2) is 67.3 Å². The molecule has 6 nitrogen and oxygen atoms in total. The van der Waals surface area contributed by atoms with Gasteiger partial charge in [0.25, 0.3) is 0 Å². The van der Waals surface area contributed by atoms with Gasteiger partial charge in [-0.15, -0.1) is 0 Å². The molecule has 1 aromatic heterocycles. The molecule has 4 rings (SSSR count). The average molecular weight is 394 g/mol. The van der Waals surface area contributed by atoms with Crippen LogP contribution < -0.4 is 10.1 Å². The first-order valence-corrected chi connectivity index (χ1v) is 9.70. The molecule has 7 heteroatoms. The highest BCUT2D eigenvalue weighted by Crippen LogP contribution is 2.22. The van der Waals surface area contributed by atoms with Crippen LogP contribution in [0.4, 0.5) is 10.1 Å². The highest BCUT2D eigenvalue weighted by atomic mass is 19.1. The normalized spacial score (nSPS) is 15.2. The van der Waals surface area contributed by atoms with E-state index in [1.54, 1.807) is 30.7 Å². The number of anilines is 1. The minimum Gasteiger partial charge on any atom is -0.487 e. The van der Waals surface area contributed by atoms with Crippen LogP contribution in [-0.4, -0.2) is 46.1 Å². The van der Waals surface area contributed by atoms with Gasteiger partial charge in [0.15, 0.2) is 11.6 Å². The van der Waals surface area contributed by atoms with Gasteiger partial charge in [-0.2, -0.15) is 0 Å². The van der Waals surface area contributed by atoms with E-state index in [-0.39, 0.29) is 17.8 Å². The number of benzene rings is 2. The van der Waals surface area contributed by atoms with Gasteiger partial charge in [0.1, 0.15) is 6.10 Å². The van der Waals surface area contributed by atoms with Crippen LogP contribution >= 0.6 is 0 Å². The Kier molecular flexibility index (Phi) is 5.86. The number of aromatic nitrogens is 2. The number of imidazole rings is 1. The van der Waals surface area contributed by atoms with Gasteiger partial charge in [0, 0.05) is 25.5 Å². The number of piperidine rings is 1. The van der Waals surface area contributed by atoms with E-state index in [9.17, 15) is 9.18 Å². The summed E-state index contributed by atoms with van der Waals surface area (Å²) in [5, 5.41) is 2.99. The molecule has 0 aliphatic carbocycles. The minimum atomic E-state index is -0.342. The lowest BCUT2D eigenvalue weighted by atomic mass is 10.1. The standard InChI is InChI=1S/C22H23FN4O2/c23-18-5-1-4-8-21(18)29-17-9-12-26(13-10-17)15-22(28)25-19-6-2-3-7-20(19)27-14-11-24-16-27/h1-8,11,14,16-17H,9-10,12-13,15H2,(H,25,28). The molecule has 0 atom stereocenters.